The summed E-state index contributed by atoms with van der Waals surface area (Å²) in [4.78, 5) is 11.8. The highest BCUT2D eigenvalue weighted by Gasteiger charge is 2.09. The van der Waals surface area contributed by atoms with Crippen molar-refractivity contribution in [3.63, 3.8) is 0 Å². The summed E-state index contributed by atoms with van der Waals surface area (Å²) in [6.07, 6.45) is 0.700. The van der Waals surface area contributed by atoms with E-state index < -0.39 is 6.61 Å². The Balaban J connectivity index is 2.31. The summed E-state index contributed by atoms with van der Waals surface area (Å²) in [6, 6.07) is 5.71. The number of hydrogen-bond acceptors (Lipinski definition) is 3. The fourth-order valence-electron chi connectivity index (χ4n) is 1.61. The summed E-state index contributed by atoms with van der Waals surface area (Å²) in [5.41, 5.74) is 0.288. The van der Waals surface area contributed by atoms with Crippen LogP contribution in [0.4, 0.5) is 8.78 Å². The third-order valence-electron chi connectivity index (χ3n) is 2.52. The smallest absolute Gasteiger partial charge is 0.387 e. The third-order valence-corrected chi connectivity index (χ3v) is 2.52. The van der Waals surface area contributed by atoms with Crippen LogP contribution in [0.15, 0.2) is 24.3 Å². The molecule has 0 fully saturated rings. The molecule has 118 valence electrons. The molecule has 0 radical (unpaired) electrons. The van der Waals surface area contributed by atoms with Crippen molar-refractivity contribution >= 4 is 5.91 Å². The minimum atomic E-state index is -2.90. The van der Waals surface area contributed by atoms with Gasteiger partial charge in [0.2, 0.25) is 0 Å². The van der Waals surface area contributed by atoms with Crippen molar-refractivity contribution in [2.75, 3.05) is 19.8 Å². The summed E-state index contributed by atoms with van der Waals surface area (Å²) in [6.45, 7) is 2.97. The quantitative estimate of drug-likeness (QED) is 0.713. The standard InChI is InChI=1S/C15H21F2NO3/c1-11(2)10-20-8-4-7-18-14(19)12-5-3-6-13(9-12)21-15(16)17/h3,5-6,9,11,15H,4,7-8,10H2,1-2H3,(H,18,19). The van der Waals surface area contributed by atoms with Gasteiger partial charge in [-0.05, 0) is 30.5 Å². The first-order valence-electron chi connectivity index (χ1n) is 6.90. The third kappa shape index (κ3) is 7.60. The van der Waals surface area contributed by atoms with Gasteiger partial charge in [-0.2, -0.15) is 8.78 Å². The number of amides is 1. The van der Waals surface area contributed by atoms with Crippen LogP contribution in [0, 0.1) is 5.92 Å². The Morgan fingerprint density at radius 1 is 1.33 bits per heavy atom. The predicted molar refractivity (Wildman–Crippen MR) is 75.7 cm³/mol. The summed E-state index contributed by atoms with van der Waals surface area (Å²) >= 11 is 0. The minimum Gasteiger partial charge on any atom is -0.435 e. The average molecular weight is 301 g/mol. The lowest BCUT2D eigenvalue weighted by molar-refractivity contribution is -0.0498. The van der Waals surface area contributed by atoms with E-state index in [0.29, 0.717) is 32.1 Å². The van der Waals surface area contributed by atoms with Crippen LogP contribution < -0.4 is 10.1 Å². The molecule has 0 aliphatic carbocycles. The van der Waals surface area contributed by atoms with Crippen molar-refractivity contribution in [2.24, 2.45) is 5.92 Å². The zero-order valence-corrected chi connectivity index (χ0v) is 12.3. The Hall–Kier alpha value is -1.69. The van der Waals surface area contributed by atoms with Gasteiger partial charge < -0.3 is 14.8 Å². The molecule has 0 bridgehead atoms. The van der Waals surface area contributed by atoms with Crippen molar-refractivity contribution in [3.8, 4) is 5.75 Å². The second-order valence-electron chi connectivity index (χ2n) is 4.98. The van der Waals surface area contributed by atoms with E-state index in [2.05, 4.69) is 23.9 Å². The average Bonchev–Trinajstić information content (AvgIpc) is 2.41. The number of nitrogens with one attached hydrogen (secondary N) is 1. The fraction of sp³-hybridized carbons (Fsp3) is 0.533. The first kappa shape index (κ1) is 17.4. The van der Waals surface area contributed by atoms with Crippen LogP contribution in [-0.2, 0) is 4.74 Å². The van der Waals surface area contributed by atoms with Crippen molar-refractivity contribution in [3.05, 3.63) is 29.8 Å². The first-order chi connectivity index (χ1) is 9.99. The van der Waals surface area contributed by atoms with E-state index in [-0.39, 0.29) is 17.2 Å². The van der Waals surface area contributed by atoms with Gasteiger partial charge in [0.15, 0.2) is 0 Å². The van der Waals surface area contributed by atoms with E-state index in [9.17, 15) is 13.6 Å². The second-order valence-corrected chi connectivity index (χ2v) is 4.98. The monoisotopic (exact) mass is 301 g/mol. The Morgan fingerprint density at radius 2 is 2.10 bits per heavy atom. The molecule has 1 rings (SSSR count). The Morgan fingerprint density at radius 3 is 2.76 bits per heavy atom. The maximum absolute atomic E-state index is 12.1. The number of halogens is 2. The lowest BCUT2D eigenvalue weighted by Crippen LogP contribution is -2.25. The van der Waals surface area contributed by atoms with Crippen molar-refractivity contribution in [1.29, 1.82) is 0 Å². The molecule has 6 heteroatoms. The number of carbonyl (C=O) groups excluding carboxylic acids is 1. The highest BCUT2D eigenvalue weighted by atomic mass is 19.3. The summed E-state index contributed by atoms with van der Waals surface area (Å²) in [5, 5.41) is 2.71. The molecule has 0 spiro atoms. The molecule has 0 atom stereocenters. The number of alkyl halides is 2. The van der Waals surface area contributed by atoms with Crippen LogP contribution in [0.2, 0.25) is 0 Å². The molecule has 0 heterocycles. The minimum absolute atomic E-state index is 0.0297. The van der Waals surface area contributed by atoms with Crippen LogP contribution in [0.5, 0.6) is 5.75 Å². The fourth-order valence-corrected chi connectivity index (χ4v) is 1.61. The number of carbonyl (C=O) groups is 1. The molecule has 1 aromatic rings. The molecule has 0 aromatic heterocycles. The van der Waals surface area contributed by atoms with Gasteiger partial charge in [-0.25, -0.2) is 0 Å². The zero-order chi connectivity index (χ0) is 15.7. The lowest BCUT2D eigenvalue weighted by atomic mass is 10.2. The van der Waals surface area contributed by atoms with E-state index in [4.69, 9.17) is 4.74 Å². The number of benzene rings is 1. The van der Waals surface area contributed by atoms with Gasteiger partial charge in [0.1, 0.15) is 5.75 Å². The zero-order valence-electron chi connectivity index (χ0n) is 12.3. The highest BCUT2D eigenvalue weighted by Crippen LogP contribution is 2.15. The number of rotatable bonds is 9. The predicted octanol–water partition coefficient (Wildman–Crippen LogP) is 3.08. The van der Waals surface area contributed by atoms with Crippen LogP contribution in [0.25, 0.3) is 0 Å². The van der Waals surface area contributed by atoms with Gasteiger partial charge in [-0.15, -0.1) is 0 Å². The number of ether oxygens (including phenoxy) is 2. The molecule has 21 heavy (non-hydrogen) atoms. The molecule has 4 nitrogen and oxygen atoms in total. The molecular formula is C15H21F2NO3. The maximum Gasteiger partial charge on any atom is 0.387 e. The van der Waals surface area contributed by atoms with Crippen LogP contribution >= 0.6 is 0 Å². The molecule has 0 saturated carbocycles. The first-order valence-corrected chi connectivity index (χ1v) is 6.90. The van der Waals surface area contributed by atoms with E-state index in [1.54, 1.807) is 6.07 Å². The van der Waals surface area contributed by atoms with E-state index in [1.165, 1.54) is 18.2 Å². The molecule has 0 aliphatic heterocycles. The molecule has 1 amide bonds. The summed E-state index contributed by atoms with van der Waals surface area (Å²) in [7, 11) is 0. The van der Waals surface area contributed by atoms with Crippen molar-refractivity contribution < 1.29 is 23.0 Å². The van der Waals surface area contributed by atoms with Gasteiger partial charge >= 0.3 is 6.61 Å². The van der Waals surface area contributed by atoms with E-state index in [0.717, 1.165) is 0 Å². The normalized spacial score (nSPS) is 11.0. The molecular weight excluding hydrogens is 280 g/mol. The van der Waals surface area contributed by atoms with Gasteiger partial charge in [0.05, 0.1) is 0 Å². The van der Waals surface area contributed by atoms with Gasteiger partial charge in [-0.3, -0.25) is 4.79 Å². The number of hydrogen-bond donors (Lipinski definition) is 1. The van der Waals surface area contributed by atoms with Crippen molar-refractivity contribution in [2.45, 2.75) is 26.9 Å². The van der Waals surface area contributed by atoms with Gasteiger partial charge in [-0.1, -0.05) is 19.9 Å². The van der Waals surface area contributed by atoms with Crippen molar-refractivity contribution in [1.82, 2.24) is 5.32 Å². The largest absolute Gasteiger partial charge is 0.435 e. The Kier molecular flexibility index (Phi) is 7.68. The SMILES string of the molecule is CC(C)COCCCNC(=O)c1cccc(OC(F)F)c1. The molecule has 1 N–H and O–H groups in total. The van der Waals surface area contributed by atoms with Crippen LogP contribution in [0.1, 0.15) is 30.6 Å². The van der Waals surface area contributed by atoms with E-state index in [1.807, 2.05) is 0 Å². The van der Waals surface area contributed by atoms with Gasteiger partial charge in [0.25, 0.3) is 5.91 Å². The Labute approximate surface area is 123 Å². The highest BCUT2D eigenvalue weighted by molar-refractivity contribution is 5.94. The summed E-state index contributed by atoms with van der Waals surface area (Å²) in [5.74, 6) is 0.133. The molecule has 0 aliphatic rings. The maximum atomic E-state index is 12.1. The van der Waals surface area contributed by atoms with E-state index >= 15 is 0 Å². The van der Waals surface area contributed by atoms with Crippen LogP contribution in [0.3, 0.4) is 0 Å². The molecule has 0 saturated heterocycles. The lowest BCUT2D eigenvalue weighted by Gasteiger charge is -2.09. The summed E-state index contributed by atoms with van der Waals surface area (Å²) < 4.78 is 33.8. The second kappa shape index (κ2) is 9.28. The Bertz CT molecular complexity index is 439. The van der Waals surface area contributed by atoms with Crippen LogP contribution in [-0.4, -0.2) is 32.3 Å². The molecule has 0 unspecified atom stereocenters. The topological polar surface area (TPSA) is 47.6 Å². The molecule has 1 aromatic carbocycles. The van der Waals surface area contributed by atoms with Gasteiger partial charge in [0, 0.05) is 25.3 Å².